The second kappa shape index (κ2) is 7.33. The van der Waals surface area contributed by atoms with Crippen LogP contribution in [-0.2, 0) is 6.42 Å². The second-order valence-corrected chi connectivity index (χ2v) is 4.75. The lowest BCUT2D eigenvalue weighted by atomic mass is 10.1. The summed E-state index contributed by atoms with van der Waals surface area (Å²) in [5.74, 6) is 0. The van der Waals surface area contributed by atoms with Gasteiger partial charge in [0.05, 0.1) is 0 Å². The number of anilines is 1. The van der Waals surface area contributed by atoms with Crippen LogP contribution in [-0.4, -0.2) is 38.6 Å². The largest absolute Gasteiger partial charge is 0.372 e. The van der Waals surface area contributed by atoms with Crippen molar-refractivity contribution in [2.45, 2.75) is 26.7 Å². The van der Waals surface area contributed by atoms with Gasteiger partial charge in [0.25, 0.3) is 0 Å². The Hall–Kier alpha value is -1.02. The van der Waals surface area contributed by atoms with E-state index in [1.54, 1.807) is 0 Å². The quantitative estimate of drug-likeness (QED) is 0.715. The molecule has 0 saturated carbocycles. The summed E-state index contributed by atoms with van der Waals surface area (Å²) >= 11 is 0. The predicted molar refractivity (Wildman–Crippen MR) is 76.9 cm³/mol. The van der Waals surface area contributed by atoms with Crippen molar-refractivity contribution in [3.05, 3.63) is 29.8 Å². The van der Waals surface area contributed by atoms with Crippen LogP contribution in [0.1, 0.15) is 25.8 Å². The van der Waals surface area contributed by atoms with Crippen LogP contribution < -0.4 is 4.90 Å². The van der Waals surface area contributed by atoms with E-state index < -0.39 is 0 Å². The first-order valence-corrected chi connectivity index (χ1v) is 6.66. The molecule has 0 unspecified atom stereocenters. The standard InChI is InChI=1S/C15H26N2/c1-5-17(6-2)15-11-9-14(10-12-15)8-7-13-16(3)4/h9-12H,5-8,13H2,1-4H3. The molecule has 0 radical (unpaired) electrons. The Morgan fingerprint density at radius 2 is 1.53 bits per heavy atom. The summed E-state index contributed by atoms with van der Waals surface area (Å²) in [7, 11) is 4.26. The molecule has 2 heteroatoms. The van der Waals surface area contributed by atoms with Crippen LogP contribution in [0.25, 0.3) is 0 Å². The Morgan fingerprint density at radius 3 is 2.00 bits per heavy atom. The molecule has 0 amide bonds. The molecular formula is C15H26N2. The van der Waals surface area contributed by atoms with E-state index in [9.17, 15) is 0 Å². The highest BCUT2D eigenvalue weighted by Crippen LogP contribution is 2.15. The average Bonchev–Trinajstić information content (AvgIpc) is 2.32. The van der Waals surface area contributed by atoms with Gasteiger partial charge >= 0.3 is 0 Å². The van der Waals surface area contributed by atoms with Gasteiger partial charge in [-0.2, -0.15) is 0 Å². The van der Waals surface area contributed by atoms with Gasteiger partial charge in [0.15, 0.2) is 0 Å². The van der Waals surface area contributed by atoms with Crippen LogP contribution in [0.5, 0.6) is 0 Å². The Morgan fingerprint density at radius 1 is 0.941 bits per heavy atom. The van der Waals surface area contributed by atoms with E-state index in [0.717, 1.165) is 19.6 Å². The molecule has 0 atom stereocenters. The summed E-state index contributed by atoms with van der Waals surface area (Å²) in [6.45, 7) is 7.73. The number of rotatable bonds is 7. The molecule has 0 saturated heterocycles. The van der Waals surface area contributed by atoms with Gasteiger partial charge in [0.1, 0.15) is 0 Å². The Bertz CT molecular complexity index is 299. The summed E-state index contributed by atoms with van der Waals surface area (Å²) in [6.07, 6.45) is 2.41. The lowest BCUT2D eigenvalue weighted by Gasteiger charge is -2.21. The average molecular weight is 234 g/mol. The van der Waals surface area contributed by atoms with Crippen molar-refractivity contribution in [3.8, 4) is 0 Å². The van der Waals surface area contributed by atoms with Gasteiger partial charge in [0, 0.05) is 18.8 Å². The molecular weight excluding hydrogens is 208 g/mol. The Kier molecular flexibility index (Phi) is 6.06. The summed E-state index contributed by atoms with van der Waals surface area (Å²) in [6, 6.07) is 9.03. The van der Waals surface area contributed by atoms with Crippen LogP contribution in [0, 0.1) is 0 Å². The van der Waals surface area contributed by atoms with Gasteiger partial charge in [-0.1, -0.05) is 12.1 Å². The number of benzene rings is 1. The number of nitrogens with zero attached hydrogens (tertiary/aromatic N) is 2. The van der Waals surface area contributed by atoms with Gasteiger partial charge in [0.2, 0.25) is 0 Å². The van der Waals surface area contributed by atoms with E-state index in [4.69, 9.17) is 0 Å². The third kappa shape index (κ3) is 4.78. The van der Waals surface area contributed by atoms with Crippen molar-refractivity contribution < 1.29 is 0 Å². The zero-order valence-corrected chi connectivity index (χ0v) is 11.7. The second-order valence-electron chi connectivity index (χ2n) is 4.75. The molecule has 0 aliphatic heterocycles. The van der Waals surface area contributed by atoms with E-state index in [1.165, 1.54) is 24.1 Å². The minimum absolute atomic E-state index is 1.08. The van der Waals surface area contributed by atoms with Gasteiger partial charge in [-0.3, -0.25) is 0 Å². The van der Waals surface area contributed by atoms with Gasteiger partial charge < -0.3 is 9.80 Å². The Labute approximate surface area is 106 Å². The van der Waals surface area contributed by atoms with Gasteiger partial charge in [-0.15, -0.1) is 0 Å². The maximum absolute atomic E-state index is 2.38. The molecule has 1 rings (SSSR count). The fraction of sp³-hybridized carbons (Fsp3) is 0.600. The van der Waals surface area contributed by atoms with Crippen molar-refractivity contribution >= 4 is 5.69 Å². The fourth-order valence-corrected chi connectivity index (χ4v) is 2.06. The molecule has 0 N–H and O–H groups in total. The lowest BCUT2D eigenvalue weighted by Crippen LogP contribution is -2.21. The molecule has 2 nitrogen and oxygen atoms in total. The third-order valence-corrected chi connectivity index (χ3v) is 3.14. The molecule has 17 heavy (non-hydrogen) atoms. The van der Waals surface area contributed by atoms with Gasteiger partial charge in [-0.25, -0.2) is 0 Å². The molecule has 0 aliphatic rings. The summed E-state index contributed by atoms with van der Waals surface area (Å²) in [4.78, 5) is 4.62. The van der Waals surface area contributed by atoms with Crippen LogP contribution in [0.15, 0.2) is 24.3 Å². The maximum atomic E-state index is 2.38. The van der Waals surface area contributed by atoms with Crippen LogP contribution >= 0.6 is 0 Å². The molecule has 0 fully saturated rings. The molecule has 1 aromatic rings. The third-order valence-electron chi connectivity index (χ3n) is 3.14. The molecule has 0 aromatic heterocycles. The highest BCUT2D eigenvalue weighted by Gasteiger charge is 2.01. The van der Waals surface area contributed by atoms with Crippen molar-refractivity contribution in [3.63, 3.8) is 0 Å². The number of hydrogen-bond acceptors (Lipinski definition) is 2. The fourth-order valence-electron chi connectivity index (χ4n) is 2.06. The highest BCUT2D eigenvalue weighted by molar-refractivity contribution is 5.47. The molecule has 0 spiro atoms. The topological polar surface area (TPSA) is 6.48 Å². The molecule has 1 aromatic carbocycles. The minimum Gasteiger partial charge on any atom is -0.372 e. The van der Waals surface area contributed by atoms with Crippen molar-refractivity contribution in [2.75, 3.05) is 38.6 Å². The molecule has 0 aliphatic carbocycles. The van der Waals surface area contributed by atoms with Crippen LogP contribution in [0.2, 0.25) is 0 Å². The SMILES string of the molecule is CCN(CC)c1ccc(CCCN(C)C)cc1. The smallest absolute Gasteiger partial charge is 0.0366 e. The monoisotopic (exact) mass is 234 g/mol. The highest BCUT2D eigenvalue weighted by atomic mass is 15.1. The maximum Gasteiger partial charge on any atom is 0.0366 e. The summed E-state index contributed by atoms with van der Waals surface area (Å²) in [5.41, 5.74) is 2.79. The van der Waals surface area contributed by atoms with Gasteiger partial charge in [-0.05, 0) is 65.0 Å². The first kappa shape index (κ1) is 14.0. The van der Waals surface area contributed by atoms with Crippen LogP contribution in [0.4, 0.5) is 5.69 Å². The van der Waals surface area contributed by atoms with Crippen LogP contribution in [0.3, 0.4) is 0 Å². The molecule has 0 bridgehead atoms. The predicted octanol–water partition coefficient (Wildman–Crippen LogP) is 3.03. The van der Waals surface area contributed by atoms with E-state index >= 15 is 0 Å². The van der Waals surface area contributed by atoms with E-state index in [2.05, 4.69) is 62.0 Å². The van der Waals surface area contributed by atoms with Crippen molar-refractivity contribution in [1.29, 1.82) is 0 Å². The summed E-state index contributed by atoms with van der Waals surface area (Å²) < 4.78 is 0. The van der Waals surface area contributed by atoms with Crippen molar-refractivity contribution in [2.24, 2.45) is 0 Å². The first-order valence-electron chi connectivity index (χ1n) is 6.66. The number of aryl methyl sites for hydroxylation is 1. The Balaban J connectivity index is 2.49. The summed E-state index contributed by atoms with van der Waals surface area (Å²) in [5, 5.41) is 0. The lowest BCUT2D eigenvalue weighted by molar-refractivity contribution is 0.400. The zero-order valence-electron chi connectivity index (χ0n) is 11.7. The van der Waals surface area contributed by atoms with Crippen molar-refractivity contribution in [1.82, 2.24) is 4.90 Å². The first-order chi connectivity index (χ1) is 8.17. The zero-order chi connectivity index (χ0) is 12.7. The molecule has 96 valence electrons. The number of hydrogen-bond donors (Lipinski definition) is 0. The molecule has 0 heterocycles. The normalized spacial score (nSPS) is 10.9. The van der Waals surface area contributed by atoms with E-state index in [0.29, 0.717) is 0 Å². The minimum atomic E-state index is 1.08. The van der Waals surface area contributed by atoms with E-state index in [1.807, 2.05) is 0 Å². The van der Waals surface area contributed by atoms with E-state index in [-0.39, 0.29) is 0 Å².